The van der Waals surface area contributed by atoms with E-state index in [9.17, 15) is 0 Å². The third-order valence-electron chi connectivity index (χ3n) is 2.04. The summed E-state index contributed by atoms with van der Waals surface area (Å²) in [6.07, 6.45) is 0. The third kappa shape index (κ3) is 4.71. The molecule has 0 aromatic carbocycles. The SMILES string of the molecule is COCNc1nc(N(N)COC)nc(N(N)COC)n1. The van der Waals surface area contributed by atoms with E-state index in [-0.39, 0.29) is 38.0 Å². The van der Waals surface area contributed by atoms with Crippen LogP contribution in [0.25, 0.3) is 0 Å². The van der Waals surface area contributed by atoms with Crippen molar-refractivity contribution in [3.8, 4) is 0 Å². The summed E-state index contributed by atoms with van der Waals surface area (Å²) in [6, 6.07) is 0. The molecule has 1 aromatic rings. The van der Waals surface area contributed by atoms with Gasteiger partial charge in [-0.3, -0.25) is 10.0 Å². The van der Waals surface area contributed by atoms with Gasteiger partial charge in [-0.25, -0.2) is 11.7 Å². The van der Waals surface area contributed by atoms with E-state index in [1.807, 2.05) is 0 Å². The summed E-state index contributed by atoms with van der Waals surface area (Å²) >= 11 is 0. The molecule has 0 aliphatic carbocycles. The first-order chi connectivity index (χ1) is 9.62. The quantitative estimate of drug-likeness (QED) is 0.277. The minimum atomic E-state index is 0.113. The molecule has 0 saturated carbocycles. The molecule has 20 heavy (non-hydrogen) atoms. The molecule has 0 unspecified atom stereocenters. The molecule has 0 spiro atoms. The van der Waals surface area contributed by atoms with Gasteiger partial charge in [-0.05, 0) is 0 Å². The Balaban J connectivity index is 3.00. The van der Waals surface area contributed by atoms with Gasteiger partial charge in [0.05, 0.1) is 0 Å². The minimum Gasteiger partial charge on any atom is -0.364 e. The molecule has 0 bridgehead atoms. The van der Waals surface area contributed by atoms with Gasteiger partial charge in [-0.2, -0.15) is 15.0 Å². The number of aromatic nitrogens is 3. The molecule has 0 amide bonds. The molecule has 0 fully saturated rings. The van der Waals surface area contributed by atoms with Crippen LogP contribution in [-0.2, 0) is 14.2 Å². The van der Waals surface area contributed by atoms with Gasteiger partial charge in [0.25, 0.3) is 0 Å². The number of methoxy groups -OCH3 is 3. The van der Waals surface area contributed by atoms with E-state index in [0.717, 1.165) is 0 Å². The van der Waals surface area contributed by atoms with E-state index >= 15 is 0 Å². The smallest absolute Gasteiger partial charge is 0.248 e. The highest BCUT2D eigenvalue weighted by atomic mass is 16.5. The van der Waals surface area contributed by atoms with E-state index in [2.05, 4.69) is 20.3 Å². The number of nitrogens with one attached hydrogen (secondary N) is 1. The van der Waals surface area contributed by atoms with Crippen molar-refractivity contribution in [2.45, 2.75) is 0 Å². The molecule has 114 valence electrons. The van der Waals surface area contributed by atoms with Crippen LogP contribution in [-0.4, -0.2) is 56.5 Å². The molecular weight excluding hydrogens is 268 g/mol. The topological polar surface area (TPSA) is 137 Å². The monoisotopic (exact) mass is 288 g/mol. The van der Waals surface area contributed by atoms with Crippen molar-refractivity contribution in [1.82, 2.24) is 15.0 Å². The second-order valence-electron chi connectivity index (χ2n) is 3.64. The van der Waals surface area contributed by atoms with Crippen molar-refractivity contribution in [2.24, 2.45) is 11.7 Å². The average molecular weight is 288 g/mol. The van der Waals surface area contributed by atoms with Crippen molar-refractivity contribution >= 4 is 17.8 Å². The Bertz CT molecular complexity index is 377. The van der Waals surface area contributed by atoms with Crippen molar-refractivity contribution in [2.75, 3.05) is 56.9 Å². The Kier molecular flexibility index (Phi) is 6.83. The highest BCUT2D eigenvalue weighted by molar-refractivity contribution is 5.43. The number of anilines is 3. The van der Waals surface area contributed by atoms with Crippen LogP contribution in [0, 0.1) is 0 Å². The number of hydrogen-bond acceptors (Lipinski definition) is 11. The fourth-order valence-corrected chi connectivity index (χ4v) is 1.22. The standard InChI is InChI=1S/C9H20N8O3/c1-18-4-12-7-13-8(16(10)5-19-2)15-9(14-7)17(11)6-20-3/h4-6,10-11H2,1-3H3,(H,12,13,14,15). The molecule has 0 radical (unpaired) electrons. The lowest BCUT2D eigenvalue weighted by Crippen LogP contribution is -2.38. The summed E-state index contributed by atoms with van der Waals surface area (Å²) in [5.74, 6) is 12.2. The fourth-order valence-electron chi connectivity index (χ4n) is 1.22. The summed E-state index contributed by atoms with van der Waals surface area (Å²) in [5, 5.41) is 5.26. The van der Waals surface area contributed by atoms with Gasteiger partial charge in [0.15, 0.2) is 0 Å². The maximum atomic E-state index is 5.75. The van der Waals surface area contributed by atoms with Gasteiger partial charge in [0, 0.05) is 21.3 Å². The Morgan fingerprint density at radius 2 is 1.40 bits per heavy atom. The molecular formula is C9H20N8O3. The molecule has 0 saturated heterocycles. The van der Waals surface area contributed by atoms with Crippen LogP contribution in [0.2, 0.25) is 0 Å². The summed E-state index contributed by atoms with van der Waals surface area (Å²) in [5.41, 5.74) is 0. The molecule has 0 atom stereocenters. The van der Waals surface area contributed by atoms with Gasteiger partial charge in [0.1, 0.15) is 20.2 Å². The van der Waals surface area contributed by atoms with Crippen molar-refractivity contribution < 1.29 is 14.2 Å². The molecule has 11 nitrogen and oxygen atoms in total. The normalized spacial score (nSPS) is 10.4. The van der Waals surface area contributed by atoms with Gasteiger partial charge < -0.3 is 19.5 Å². The predicted molar refractivity (Wildman–Crippen MR) is 72.4 cm³/mol. The number of hydrogen-bond donors (Lipinski definition) is 3. The summed E-state index contributed by atoms with van der Waals surface area (Å²) in [7, 11) is 4.55. The Morgan fingerprint density at radius 1 is 0.900 bits per heavy atom. The Morgan fingerprint density at radius 3 is 1.80 bits per heavy atom. The lowest BCUT2D eigenvalue weighted by atomic mass is 10.7. The second kappa shape index (κ2) is 8.39. The number of nitrogens with two attached hydrogens (primary N) is 2. The largest absolute Gasteiger partial charge is 0.364 e. The second-order valence-corrected chi connectivity index (χ2v) is 3.64. The maximum Gasteiger partial charge on any atom is 0.248 e. The first-order valence-corrected chi connectivity index (χ1v) is 5.63. The zero-order valence-corrected chi connectivity index (χ0v) is 11.7. The van der Waals surface area contributed by atoms with Gasteiger partial charge in [-0.15, -0.1) is 0 Å². The van der Waals surface area contributed by atoms with E-state index in [1.54, 1.807) is 0 Å². The maximum absolute atomic E-state index is 5.75. The fraction of sp³-hybridized carbons (Fsp3) is 0.667. The van der Waals surface area contributed by atoms with E-state index < -0.39 is 0 Å². The first kappa shape index (κ1) is 16.3. The van der Waals surface area contributed by atoms with E-state index in [0.29, 0.717) is 0 Å². The Labute approximate surface area is 116 Å². The van der Waals surface area contributed by atoms with Crippen molar-refractivity contribution in [3.63, 3.8) is 0 Å². The van der Waals surface area contributed by atoms with Crippen LogP contribution in [0.1, 0.15) is 0 Å². The zero-order valence-electron chi connectivity index (χ0n) is 11.7. The van der Waals surface area contributed by atoms with Crippen LogP contribution >= 0.6 is 0 Å². The van der Waals surface area contributed by atoms with Crippen LogP contribution in [0.5, 0.6) is 0 Å². The minimum absolute atomic E-state index is 0.113. The first-order valence-electron chi connectivity index (χ1n) is 5.63. The van der Waals surface area contributed by atoms with Crippen LogP contribution in [0.15, 0.2) is 0 Å². The zero-order chi connectivity index (χ0) is 15.0. The van der Waals surface area contributed by atoms with Crippen LogP contribution in [0.4, 0.5) is 17.8 Å². The van der Waals surface area contributed by atoms with Crippen molar-refractivity contribution in [3.05, 3.63) is 0 Å². The predicted octanol–water partition coefficient (Wildman–Crippen LogP) is -1.54. The van der Waals surface area contributed by atoms with Gasteiger partial charge in [-0.1, -0.05) is 0 Å². The molecule has 11 heteroatoms. The summed E-state index contributed by atoms with van der Waals surface area (Å²) in [4.78, 5) is 12.4. The molecule has 1 rings (SSSR count). The molecule has 0 aliphatic rings. The molecule has 1 aromatic heterocycles. The van der Waals surface area contributed by atoms with Gasteiger partial charge >= 0.3 is 0 Å². The lowest BCUT2D eigenvalue weighted by Gasteiger charge is -2.20. The molecule has 0 aliphatic heterocycles. The van der Waals surface area contributed by atoms with Crippen LogP contribution in [0.3, 0.4) is 0 Å². The highest BCUT2D eigenvalue weighted by Gasteiger charge is 2.13. The van der Waals surface area contributed by atoms with Crippen LogP contribution < -0.4 is 27.0 Å². The molecule has 1 heterocycles. The average Bonchev–Trinajstić information content (AvgIpc) is 2.45. The highest BCUT2D eigenvalue weighted by Crippen LogP contribution is 2.13. The lowest BCUT2D eigenvalue weighted by molar-refractivity contribution is 0.194. The Hall–Kier alpha value is -1.79. The summed E-state index contributed by atoms with van der Waals surface area (Å²) in [6.45, 7) is 0.455. The van der Waals surface area contributed by atoms with Crippen molar-refractivity contribution in [1.29, 1.82) is 0 Å². The van der Waals surface area contributed by atoms with E-state index in [1.165, 1.54) is 31.3 Å². The van der Waals surface area contributed by atoms with E-state index in [4.69, 9.17) is 25.9 Å². The number of rotatable bonds is 9. The molecule has 5 N–H and O–H groups in total. The number of ether oxygens (including phenoxy) is 3. The number of nitrogens with zero attached hydrogens (tertiary/aromatic N) is 5. The third-order valence-corrected chi connectivity index (χ3v) is 2.04. The summed E-state index contributed by atoms with van der Waals surface area (Å²) < 4.78 is 14.7. The number of hydrazine groups is 2. The van der Waals surface area contributed by atoms with Gasteiger partial charge in [0.2, 0.25) is 17.8 Å².